The van der Waals surface area contributed by atoms with E-state index in [0.29, 0.717) is 13.0 Å². The first-order valence-electron chi connectivity index (χ1n) is 27.0. The summed E-state index contributed by atoms with van der Waals surface area (Å²) >= 11 is 0. The number of carbonyl (C=O) groups excluding carboxylic acids is 1. The largest absolute Gasteiger partial charge is 0.472 e. The summed E-state index contributed by atoms with van der Waals surface area (Å²) in [5.74, 6) is -0.326. The summed E-state index contributed by atoms with van der Waals surface area (Å²) in [5, 5.41) is 0. The highest BCUT2D eigenvalue weighted by molar-refractivity contribution is 7.47. The molecule has 0 spiro atoms. The van der Waals surface area contributed by atoms with Crippen LogP contribution in [0.25, 0.3) is 0 Å². The quantitative estimate of drug-likeness (QED) is 0.0268. The molecule has 0 aliphatic rings. The van der Waals surface area contributed by atoms with Gasteiger partial charge in [0.15, 0.2) is 0 Å². The molecular formula is C54H104NO7P. The van der Waals surface area contributed by atoms with E-state index in [-0.39, 0.29) is 32.3 Å². The van der Waals surface area contributed by atoms with Gasteiger partial charge in [-0.3, -0.25) is 13.8 Å². The van der Waals surface area contributed by atoms with Crippen molar-refractivity contribution in [3.8, 4) is 0 Å². The zero-order chi connectivity index (χ0) is 45.8. The summed E-state index contributed by atoms with van der Waals surface area (Å²) in [5.41, 5.74) is 5.39. The average Bonchev–Trinajstić information content (AvgIpc) is 3.28. The van der Waals surface area contributed by atoms with Crippen LogP contribution in [0.2, 0.25) is 0 Å². The maximum absolute atomic E-state index is 12.7. The van der Waals surface area contributed by atoms with Crippen molar-refractivity contribution in [3.05, 3.63) is 36.5 Å². The van der Waals surface area contributed by atoms with Crippen molar-refractivity contribution in [1.82, 2.24) is 0 Å². The van der Waals surface area contributed by atoms with Gasteiger partial charge in [-0.05, 0) is 51.4 Å². The Morgan fingerprint density at radius 2 is 0.841 bits per heavy atom. The van der Waals surface area contributed by atoms with E-state index in [9.17, 15) is 14.3 Å². The molecule has 2 unspecified atom stereocenters. The van der Waals surface area contributed by atoms with Crippen molar-refractivity contribution < 1.29 is 32.8 Å². The van der Waals surface area contributed by atoms with Crippen molar-refractivity contribution in [3.63, 3.8) is 0 Å². The van der Waals surface area contributed by atoms with Crippen molar-refractivity contribution in [2.24, 2.45) is 5.73 Å². The third-order valence-corrected chi connectivity index (χ3v) is 12.8. The van der Waals surface area contributed by atoms with Gasteiger partial charge in [0.25, 0.3) is 0 Å². The maximum atomic E-state index is 12.7. The number of ether oxygens (including phenoxy) is 2. The van der Waals surface area contributed by atoms with E-state index in [4.69, 9.17) is 24.3 Å². The lowest BCUT2D eigenvalue weighted by molar-refractivity contribution is -0.154. The predicted molar refractivity (Wildman–Crippen MR) is 270 cm³/mol. The SMILES string of the molecule is CCCCCCC/C=C\C/C=C\C/C=C\CCCCCCCCCCCCCOCC(COP(=O)(O)OCCN)OC(=O)CCCCCCCCCCCCCCCCCCCC. The molecule has 63 heavy (non-hydrogen) atoms. The van der Waals surface area contributed by atoms with E-state index in [0.717, 1.165) is 44.9 Å². The Bertz CT molecular complexity index is 1070. The molecule has 0 aliphatic heterocycles. The third kappa shape index (κ3) is 51.6. The smallest absolute Gasteiger partial charge is 0.457 e. The van der Waals surface area contributed by atoms with Gasteiger partial charge in [0.05, 0.1) is 19.8 Å². The third-order valence-electron chi connectivity index (χ3n) is 11.8. The summed E-state index contributed by atoms with van der Waals surface area (Å²) in [6, 6.07) is 0. The molecule has 9 heteroatoms. The van der Waals surface area contributed by atoms with Crippen LogP contribution in [0.5, 0.6) is 0 Å². The summed E-state index contributed by atoms with van der Waals surface area (Å²) in [6.07, 6.45) is 61.8. The highest BCUT2D eigenvalue weighted by atomic mass is 31.2. The molecule has 0 aromatic rings. The second-order valence-corrected chi connectivity index (χ2v) is 19.6. The van der Waals surface area contributed by atoms with Crippen LogP contribution in [0.3, 0.4) is 0 Å². The molecule has 2 atom stereocenters. The average molecular weight is 910 g/mol. The fourth-order valence-corrected chi connectivity index (χ4v) is 8.60. The first-order chi connectivity index (χ1) is 30.9. The number of hydrogen-bond donors (Lipinski definition) is 2. The van der Waals surface area contributed by atoms with Gasteiger partial charge in [-0.15, -0.1) is 0 Å². The maximum Gasteiger partial charge on any atom is 0.472 e. The van der Waals surface area contributed by atoms with Gasteiger partial charge in [0, 0.05) is 19.6 Å². The zero-order valence-corrected chi connectivity index (χ0v) is 42.5. The molecule has 0 heterocycles. The minimum absolute atomic E-state index is 0.0943. The Kier molecular flexibility index (Phi) is 50.7. The minimum atomic E-state index is -4.28. The fourth-order valence-electron chi connectivity index (χ4n) is 7.83. The highest BCUT2D eigenvalue weighted by Gasteiger charge is 2.25. The number of phosphoric acid groups is 1. The van der Waals surface area contributed by atoms with Crippen molar-refractivity contribution >= 4 is 13.8 Å². The standard InChI is InChI=1S/C54H104NO7P/c1-3-5-7-9-11-13-15-17-19-21-23-24-25-26-27-28-29-30-32-34-36-38-40-42-44-46-49-59-51-53(52-61-63(57,58)60-50-48-55)62-54(56)47-45-43-41-39-37-35-33-31-22-20-18-16-14-12-10-8-6-4-2/h15,17,21,23,25-26,53H,3-14,16,18-20,22,24,27-52,55H2,1-2H3,(H,57,58)/b17-15-,23-21-,26-25-. The van der Waals surface area contributed by atoms with E-state index >= 15 is 0 Å². The number of rotatable bonds is 52. The summed E-state index contributed by atoms with van der Waals surface area (Å²) in [4.78, 5) is 22.6. The number of esters is 1. The zero-order valence-electron chi connectivity index (χ0n) is 41.6. The molecular weight excluding hydrogens is 806 g/mol. The molecule has 0 aliphatic carbocycles. The lowest BCUT2D eigenvalue weighted by Gasteiger charge is -2.20. The second kappa shape index (κ2) is 51.7. The van der Waals surface area contributed by atoms with Crippen LogP contribution in [-0.4, -0.2) is 49.9 Å². The summed E-state index contributed by atoms with van der Waals surface area (Å²) in [6.45, 7) is 4.96. The van der Waals surface area contributed by atoms with Gasteiger partial charge < -0.3 is 20.1 Å². The lowest BCUT2D eigenvalue weighted by Crippen LogP contribution is -2.28. The van der Waals surface area contributed by atoms with E-state index in [2.05, 4.69) is 50.3 Å². The molecule has 0 bridgehead atoms. The van der Waals surface area contributed by atoms with Crippen molar-refractivity contribution in [2.75, 3.05) is 33.0 Å². The molecule has 0 saturated carbocycles. The second-order valence-electron chi connectivity index (χ2n) is 18.1. The van der Waals surface area contributed by atoms with Crippen LogP contribution >= 0.6 is 7.82 Å². The van der Waals surface area contributed by atoms with E-state index in [1.54, 1.807) is 0 Å². The lowest BCUT2D eigenvalue weighted by atomic mass is 10.0. The van der Waals surface area contributed by atoms with E-state index < -0.39 is 13.9 Å². The summed E-state index contributed by atoms with van der Waals surface area (Å²) < 4.78 is 33.6. The monoisotopic (exact) mass is 910 g/mol. The van der Waals surface area contributed by atoms with Crippen LogP contribution in [0, 0.1) is 0 Å². The van der Waals surface area contributed by atoms with Gasteiger partial charge in [0.2, 0.25) is 0 Å². The van der Waals surface area contributed by atoms with Crippen molar-refractivity contribution in [2.45, 2.75) is 270 Å². The molecule has 0 aromatic carbocycles. The number of hydrogen-bond acceptors (Lipinski definition) is 7. The topological polar surface area (TPSA) is 117 Å². The Balaban J connectivity index is 3.89. The number of carbonyl (C=O) groups is 1. The van der Waals surface area contributed by atoms with E-state index in [1.165, 1.54) is 199 Å². The molecule has 0 radical (unpaired) electrons. The molecule has 0 aromatic heterocycles. The number of unbranched alkanes of at least 4 members (excludes halogenated alkanes) is 33. The van der Waals surface area contributed by atoms with Gasteiger partial charge in [0.1, 0.15) is 6.10 Å². The van der Waals surface area contributed by atoms with Crippen LogP contribution in [0.4, 0.5) is 0 Å². The molecule has 0 rings (SSSR count). The van der Waals surface area contributed by atoms with Crippen LogP contribution in [0.1, 0.15) is 264 Å². The van der Waals surface area contributed by atoms with E-state index in [1.807, 2.05) is 0 Å². The number of phosphoric ester groups is 1. The summed E-state index contributed by atoms with van der Waals surface area (Å²) in [7, 11) is -4.28. The van der Waals surface area contributed by atoms with Gasteiger partial charge in [-0.1, -0.05) is 243 Å². The van der Waals surface area contributed by atoms with Crippen LogP contribution < -0.4 is 5.73 Å². The van der Waals surface area contributed by atoms with Crippen molar-refractivity contribution in [1.29, 1.82) is 0 Å². The number of allylic oxidation sites excluding steroid dienone is 6. The highest BCUT2D eigenvalue weighted by Crippen LogP contribution is 2.43. The van der Waals surface area contributed by atoms with Gasteiger partial charge in [-0.2, -0.15) is 0 Å². The van der Waals surface area contributed by atoms with Gasteiger partial charge in [-0.25, -0.2) is 4.57 Å². The van der Waals surface area contributed by atoms with Crippen LogP contribution in [-0.2, 0) is 27.9 Å². The molecule has 0 fully saturated rings. The first kappa shape index (κ1) is 61.7. The van der Waals surface area contributed by atoms with Crippen LogP contribution in [0.15, 0.2) is 36.5 Å². The Labute approximate surface area is 390 Å². The molecule has 372 valence electrons. The minimum Gasteiger partial charge on any atom is -0.457 e. The Hall–Kier alpha value is -1.28. The molecule has 8 nitrogen and oxygen atoms in total. The predicted octanol–water partition coefficient (Wildman–Crippen LogP) is 16.9. The van der Waals surface area contributed by atoms with Gasteiger partial charge >= 0.3 is 13.8 Å². The molecule has 3 N–H and O–H groups in total. The fraction of sp³-hybridized carbons (Fsp3) is 0.870. The normalized spacial score (nSPS) is 13.5. The Morgan fingerprint density at radius 1 is 0.476 bits per heavy atom. The number of nitrogens with two attached hydrogens (primary N) is 1. The Morgan fingerprint density at radius 3 is 1.25 bits per heavy atom. The first-order valence-corrected chi connectivity index (χ1v) is 28.5. The molecule has 0 saturated heterocycles. The molecule has 0 amide bonds.